The maximum absolute atomic E-state index is 11.5. The van der Waals surface area contributed by atoms with Gasteiger partial charge >= 0.3 is 0 Å². The molecule has 0 aliphatic heterocycles. The van der Waals surface area contributed by atoms with Crippen molar-refractivity contribution < 1.29 is 4.79 Å². The number of hydrogen-bond donors (Lipinski definition) is 0. The van der Waals surface area contributed by atoms with Gasteiger partial charge in [0.15, 0.2) is 5.78 Å². The first kappa shape index (κ1) is 11.2. The third kappa shape index (κ3) is 2.55. The first-order valence-corrected chi connectivity index (χ1v) is 8.59. The van der Waals surface area contributed by atoms with E-state index in [9.17, 15) is 4.79 Å². The average molecular weight is 206 g/mol. The summed E-state index contributed by atoms with van der Waals surface area (Å²) in [6.45, 7) is 8.79. The van der Waals surface area contributed by atoms with E-state index in [-0.39, 0.29) is 5.78 Å². The van der Waals surface area contributed by atoms with Crippen molar-refractivity contribution in [3.8, 4) is 0 Å². The molecule has 0 fully saturated rings. The van der Waals surface area contributed by atoms with E-state index in [2.05, 4.69) is 31.8 Å². The van der Waals surface area contributed by atoms with Crippen LogP contribution in [0, 0.1) is 0 Å². The lowest BCUT2D eigenvalue weighted by Gasteiger charge is -2.17. The molecule has 1 rings (SSSR count). The summed E-state index contributed by atoms with van der Waals surface area (Å²) in [4.78, 5) is 11.5. The van der Waals surface area contributed by atoms with E-state index >= 15 is 0 Å². The van der Waals surface area contributed by atoms with Gasteiger partial charge < -0.3 is 0 Å². The minimum absolute atomic E-state index is 0.241. The van der Waals surface area contributed by atoms with E-state index in [0.717, 1.165) is 5.56 Å². The van der Waals surface area contributed by atoms with Crippen molar-refractivity contribution in [1.82, 2.24) is 0 Å². The van der Waals surface area contributed by atoms with Gasteiger partial charge in [-0.15, -0.1) is 0 Å². The summed E-state index contributed by atoms with van der Waals surface area (Å²) >= 11 is 0. The molecule has 0 saturated carbocycles. The van der Waals surface area contributed by atoms with Crippen molar-refractivity contribution in [2.45, 2.75) is 33.0 Å². The third-order valence-corrected chi connectivity index (χ3v) is 4.41. The van der Waals surface area contributed by atoms with Crippen LogP contribution in [0.1, 0.15) is 23.7 Å². The summed E-state index contributed by atoms with van der Waals surface area (Å²) in [5, 5.41) is 1.36. The molecule has 0 unspecified atom stereocenters. The molecule has 1 aromatic rings. The van der Waals surface area contributed by atoms with Crippen LogP contribution in [-0.4, -0.2) is 13.9 Å². The van der Waals surface area contributed by atoms with Crippen LogP contribution in [0.4, 0.5) is 0 Å². The summed E-state index contributed by atoms with van der Waals surface area (Å²) in [7, 11) is -1.28. The highest BCUT2D eigenvalue weighted by molar-refractivity contribution is 6.88. The molecule has 0 spiro atoms. The van der Waals surface area contributed by atoms with E-state index in [1.165, 1.54) is 5.19 Å². The molecular formula is C12H18OSi. The highest BCUT2D eigenvalue weighted by atomic mass is 28.3. The SMILES string of the molecule is CCC(=O)c1cccc([Si](C)(C)C)c1. The lowest BCUT2D eigenvalue weighted by atomic mass is 10.1. The molecule has 0 bridgehead atoms. The number of carbonyl (C=O) groups excluding carboxylic acids is 1. The van der Waals surface area contributed by atoms with Crippen molar-refractivity contribution in [3.63, 3.8) is 0 Å². The second kappa shape index (κ2) is 4.09. The van der Waals surface area contributed by atoms with Gasteiger partial charge in [-0.2, -0.15) is 0 Å². The molecule has 0 saturated heterocycles. The lowest BCUT2D eigenvalue weighted by molar-refractivity contribution is 0.0988. The largest absolute Gasteiger partial charge is 0.294 e. The van der Waals surface area contributed by atoms with Crippen LogP contribution in [-0.2, 0) is 0 Å². The molecule has 1 aromatic carbocycles. The van der Waals surface area contributed by atoms with Gasteiger partial charge in [0.1, 0.15) is 0 Å². The van der Waals surface area contributed by atoms with Crippen LogP contribution >= 0.6 is 0 Å². The Morgan fingerprint density at radius 2 is 1.93 bits per heavy atom. The Morgan fingerprint density at radius 1 is 1.29 bits per heavy atom. The summed E-state index contributed by atoms with van der Waals surface area (Å²) in [5.41, 5.74) is 0.868. The summed E-state index contributed by atoms with van der Waals surface area (Å²) in [5.74, 6) is 0.241. The zero-order valence-electron chi connectivity index (χ0n) is 9.42. The second-order valence-corrected chi connectivity index (χ2v) is 9.68. The Kier molecular flexibility index (Phi) is 3.27. The molecule has 1 nitrogen and oxygen atoms in total. The highest BCUT2D eigenvalue weighted by Gasteiger charge is 2.17. The number of ketones is 1. The summed E-state index contributed by atoms with van der Waals surface area (Å²) < 4.78 is 0. The maximum atomic E-state index is 11.5. The molecule has 2 heteroatoms. The highest BCUT2D eigenvalue weighted by Crippen LogP contribution is 2.06. The first-order chi connectivity index (χ1) is 6.45. The van der Waals surface area contributed by atoms with E-state index in [0.29, 0.717) is 6.42 Å². The second-order valence-electron chi connectivity index (χ2n) is 4.61. The van der Waals surface area contributed by atoms with Crippen molar-refractivity contribution in [2.75, 3.05) is 0 Å². The van der Waals surface area contributed by atoms with Crippen LogP contribution in [0.3, 0.4) is 0 Å². The molecule has 76 valence electrons. The lowest BCUT2D eigenvalue weighted by Crippen LogP contribution is -2.37. The van der Waals surface area contributed by atoms with Crippen LogP contribution in [0.5, 0.6) is 0 Å². The predicted molar refractivity (Wildman–Crippen MR) is 64.0 cm³/mol. The van der Waals surface area contributed by atoms with Crippen molar-refractivity contribution in [3.05, 3.63) is 29.8 Å². The number of rotatable bonds is 3. The van der Waals surface area contributed by atoms with Gasteiger partial charge in [0.05, 0.1) is 8.07 Å². The van der Waals surface area contributed by atoms with Crippen molar-refractivity contribution in [1.29, 1.82) is 0 Å². The van der Waals surface area contributed by atoms with Crippen molar-refractivity contribution in [2.24, 2.45) is 0 Å². The predicted octanol–water partition coefficient (Wildman–Crippen LogP) is 2.82. The normalized spacial score (nSPS) is 11.4. The number of carbonyl (C=O) groups is 1. The molecule has 0 aromatic heterocycles. The van der Waals surface area contributed by atoms with Crippen LogP contribution in [0.2, 0.25) is 19.6 Å². The van der Waals surface area contributed by atoms with E-state index in [1.54, 1.807) is 0 Å². The fourth-order valence-electron chi connectivity index (χ4n) is 1.36. The molecule has 0 radical (unpaired) electrons. The van der Waals surface area contributed by atoms with Gasteiger partial charge in [-0.1, -0.05) is 56.0 Å². The molecule has 0 atom stereocenters. The molecule has 0 N–H and O–H groups in total. The van der Waals surface area contributed by atoms with Gasteiger partial charge in [0, 0.05) is 12.0 Å². The number of Topliss-reactive ketones (excluding diaryl/α,β-unsaturated/α-hetero) is 1. The Labute approximate surface area is 87.2 Å². The maximum Gasteiger partial charge on any atom is 0.162 e. The Bertz CT molecular complexity index is 336. The fourth-order valence-corrected chi connectivity index (χ4v) is 2.55. The van der Waals surface area contributed by atoms with Gasteiger partial charge in [0.2, 0.25) is 0 Å². The summed E-state index contributed by atoms with van der Waals surface area (Å²) in [6.07, 6.45) is 0.592. The molecule has 0 amide bonds. The Hall–Kier alpha value is -0.893. The standard InChI is InChI=1S/C12H18OSi/c1-5-12(13)10-7-6-8-11(9-10)14(2,3)4/h6-9H,5H2,1-4H3. The Balaban J connectivity index is 3.08. The van der Waals surface area contributed by atoms with Crippen molar-refractivity contribution >= 4 is 19.0 Å². The first-order valence-electron chi connectivity index (χ1n) is 5.09. The minimum atomic E-state index is -1.28. The molecular weight excluding hydrogens is 188 g/mol. The Morgan fingerprint density at radius 3 is 2.43 bits per heavy atom. The number of benzene rings is 1. The third-order valence-electron chi connectivity index (χ3n) is 2.37. The molecule has 0 aliphatic carbocycles. The van der Waals surface area contributed by atoms with Gasteiger partial charge in [-0.3, -0.25) is 4.79 Å². The zero-order chi connectivity index (χ0) is 10.8. The van der Waals surface area contributed by atoms with Crippen LogP contribution < -0.4 is 5.19 Å². The summed E-state index contributed by atoms with van der Waals surface area (Å²) in [6, 6.07) is 8.11. The van der Waals surface area contributed by atoms with E-state index < -0.39 is 8.07 Å². The number of hydrogen-bond acceptors (Lipinski definition) is 1. The smallest absolute Gasteiger partial charge is 0.162 e. The van der Waals surface area contributed by atoms with E-state index in [1.807, 2.05) is 19.1 Å². The molecule has 14 heavy (non-hydrogen) atoms. The minimum Gasteiger partial charge on any atom is -0.294 e. The van der Waals surface area contributed by atoms with Gasteiger partial charge in [0.25, 0.3) is 0 Å². The fraction of sp³-hybridized carbons (Fsp3) is 0.417. The monoisotopic (exact) mass is 206 g/mol. The molecule has 0 aliphatic rings. The molecule has 0 heterocycles. The van der Waals surface area contributed by atoms with Crippen LogP contribution in [0.15, 0.2) is 24.3 Å². The van der Waals surface area contributed by atoms with Gasteiger partial charge in [-0.25, -0.2) is 0 Å². The van der Waals surface area contributed by atoms with Crippen LogP contribution in [0.25, 0.3) is 0 Å². The average Bonchev–Trinajstić information content (AvgIpc) is 2.15. The van der Waals surface area contributed by atoms with Gasteiger partial charge in [-0.05, 0) is 0 Å². The zero-order valence-corrected chi connectivity index (χ0v) is 10.4. The van der Waals surface area contributed by atoms with E-state index in [4.69, 9.17) is 0 Å². The topological polar surface area (TPSA) is 17.1 Å². The quantitative estimate of drug-likeness (QED) is 0.549.